The van der Waals surface area contributed by atoms with Crippen LogP contribution in [0, 0.1) is 5.41 Å². The first-order valence-electron chi connectivity index (χ1n) is 3.90. The lowest BCUT2D eigenvalue weighted by atomic mass is 9.82. The van der Waals surface area contributed by atoms with Crippen molar-refractivity contribution in [1.29, 1.82) is 0 Å². The number of nitrogens with two attached hydrogens (primary N) is 2. The first kappa shape index (κ1) is 11.0. The van der Waals surface area contributed by atoms with E-state index in [4.69, 9.17) is 11.5 Å². The second-order valence-corrected chi connectivity index (χ2v) is 3.27. The van der Waals surface area contributed by atoms with Crippen LogP contribution in [0.4, 0.5) is 13.2 Å². The zero-order valence-corrected chi connectivity index (χ0v) is 7.76. The van der Waals surface area contributed by atoms with Crippen LogP contribution in [-0.4, -0.2) is 24.0 Å². The number of hydrogen-bond acceptors (Lipinski definition) is 4. The summed E-state index contributed by atoms with van der Waals surface area (Å²) in [5.74, 6) is -0.537. The molecule has 1 heterocycles. The lowest BCUT2D eigenvalue weighted by Crippen LogP contribution is -2.54. The van der Waals surface area contributed by atoms with Crippen LogP contribution >= 0.6 is 0 Å². The number of aliphatic imine (C=N–C) groups is 2. The fourth-order valence-corrected chi connectivity index (χ4v) is 1.16. The highest BCUT2D eigenvalue weighted by Crippen LogP contribution is 2.40. The van der Waals surface area contributed by atoms with Crippen LogP contribution in [0.25, 0.3) is 0 Å². The second-order valence-electron chi connectivity index (χ2n) is 3.27. The second kappa shape index (κ2) is 2.94. The Kier molecular flexibility index (Phi) is 2.31. The summed E-state index contributed by atoms with van der Waals surface area (Å²) in [5, 5.41) is 0. The molecule has 80 valence electrons. The molecule has 0 fully saturated rings. The topological polar surface area (TPSA) is 76.8 Å². The molecule has 1 aliphatic heterocycles. The Hall–Kier alpha value is -1.11. The highest BCUT2D eigenvalue weighted by Gasteiger charge is 2.57. The SMILES string of the molecule is CC1=NC(N)N=C(N)C1(C)C(F)(F)F. The Labute approximate surface area is 78.9 Å². The molecular weight excluding hydrogens is 197 g/mol. The number of amidine groups is 1. The zero-order chi connectivity index (χ0) is 11.1. The molecule has 0 saturated heterocycles. The van der Waals surface area contributed by atoms with Crippen LogP contribution in [0.5, 0.6) is 0 Å². The molecule has 0 aromatic carbocycles. The van der Waals surface area contributed by atoms with E-state index in [1.54, 1.807) is 0 Å². The van der Waals surface area contributed by atoms with Crippen molar-refractivity contribution in [3.05, 3.63) is 0 Å². The molecule has 4 nitrogen and oxygen atoms in total. The van der Waals surface area contributed by atoms with Crippen molar-refractivity contribution in [2.75, 3.05) is 0 Å². The molecule has 0 aromatic rings. The van der Waals surface area contributed by atoms with Crippen molar-refractivity contribution < 1.29 is 13.2 Å². The normalized spacial score (nSPS) is 33.7. The van der Waals surface area contributed by atoms with Gasteiger partial charge >= 0.3 is 6.18 Å². The molecular formula is C7H11F3N4. The summed E-state index contributed by atoms with van der Waals surface area (Å²) in [5.41, 5.74) is 8.06. The van der Waals surface area contributed by atoms with Gasteiger partial charge in [-0.05, 0) is 13.8 Å². The quantitative estimate of drug-likeness (QED) is 0.612. The van der Waals surface area contributed by atoms with E-state index in [9.17, 15) is 13.2 Å². The average Bonchev–Trinajstić information content (AvgIpc) is 1.97. The monoisotopic (exact) mass is 208 g/mol. The fraction of sp³-hybridized carbons (Fsp3) is 0.714. The first-order chi connectivity index (χ1) is 6.19. The predicted octanol–water partition coefficient (Wildman–Crippen LogP) is 0.629. The number of rotatable bonds is 0. The maximum atomic E-state index is 12.7. The lowest BCUT2D eigenvalue weighted by Gasteiger charge is -2.34. The van der Waals surface area contributed by atoms with Gasteiger partial charge in [-0.25, -0.2) is 4.99 Å². The van der Waals surface area contributed by atoms with Gasteiger partial charge in [-0.15, -0.1) is 0 Å². The van der Waals surface area contributed by atoms with Gasteiger partial charge in [-0.2, -0.15) is 13.2 Å². The smallest absolute Gasteiger partial charge is 0.386 e. The van der Waals surface area contributed by atoms with Crippen LogP contribution < -0.4 is 11.5 Å². The summed E-state index contributed by atoms with van der Waals surface area (Å²) in [6.45, 7) is 2.19. The molecule has 1 rings (SSSR count). The van der Waals surface area contributed by atoms with Crippen molar-refractivity contribution in [2.45, 2.75) is 26.3 Å². The molecule has 2 atom stereocenters. The molecule has 0 spiro atoms. The molecule has 0 aliphatic carbocycles. The summed E-state index contributed by atoms with van der Waals surface area (Å²) in [4.78, 5) is 6.98. The Morgan fingerprint density at radius 3 is 2.21 bits per heavy atom. The van der Waals surface area contributed by atoms with Gasteiger partial charge in [0.1, 0.15) is 5.84 Å². The fourth-order valence-electron chi connectivity index (χ4n) is 1.16. The Bertz CT molecular complexity index is 285. The number of alkyl halides is 3. The van der Waals surface area contributed by atoms with E-state index in [0.29, 0.717) is 0 Å². The van der Waals surface area contributed by atoms with E-state index in [1.165, 1.54) is 6.92 Å². The third-order valence-electron chi connectivity index (χ3n) is 2.40. The van der Waals surface area contributed by atoms with Gasteiger partial charge in [-0.3, -0.25) is 10.7 Å². The number of halogens is 3. The van der Waals surface area contributed by atoms with Crippen LogP contribution in [0.3, 0.4) is 0 Å². The van der Waals surface area contributed by atoms with Crippen molar-refractivity contribution in [3.8, 4) is 0 Å². The van der Waals surface area contributed by atoms with Gasteiger partial charge in [0.2, 0.25) is 0 Å². The average molecular weight is 208 g/mol. The molecule has 14 heavy (non-hydrogen) atoms. The van der Waals surface area contributed by atoms with Gasteiger partial charge in [0, 0.05) is 5.71 Å². The molecule has 0 amide bonds. The summed E-state index contributed by atoms with van der Waals surface area (Å²) >= 11 is 0. The van der Waals surface area contributed by atoms with Gasteiger partial charge < -0.3 is 5.73 Å². The van der Waals surface area contributed by atoms with Crippen molar-refractivity contribution >= 4 is 11.5 Å². The van der Waals surface area contributed by atoms with Crippen LogP contribution in [-0.2, 0) is 0 Å². The van der Waals surface area contributed by atoms with Crippen molar-refractivity contribution in [2.24, 2.45) is 26.9 Å². The maximum absolute atomic E-state index is 12.7. The van der Waals surface area contributed by atoms with E-state index in [-0.39, 0.29) is 5.71 Å². The van der Waals surface area contributed by atoms with Crippen LogP contribution in [0.2, 0.25) is 0 Å². The third kappa shape index (κ3) is 1.37. The highest BCUT2D eigenvalue weighted by molar-refractivity contribution is 6.11. The molecule has 4 N–H and O–H groups in total. The Morgan fingerprint density at radius 2 is 1.86 bits per heavy atom. The summed E-state index contributed by atoms with van der Waals surface area (Å²) in [7, 11) is 0. The summed E-state index contributed by atoms with van der Waals surface area (Å²) < 4.78 is 38.0. The largest absolute Gasteiger partial charge is 0.406 e. The van der Waals surface area contributed by atoms with Gasteiger partial charge in [0.15, 0.2) is 11.7 Å². The van der Waals surface area contributed by atoms with Crippen LogP contribution in [0.1, 0.15) is 13.8 Å². The number of hydrogen-bond donors (Lipinski definition) is 2. The highest BCUT2D eigenvalue weighted by atomic mass is 19.4. The minimum atomic E-state index is -4.51. The molecule has 2 unspecified atom stereocenters. The van der Waals surface area contributed by atoms with Gasteiger partial charge in [0.05, 0.1) is 0 Å². The number of nitrogens with zero attached hydrogens (tertiary/aromatic N) is 2. The van der Waals surface area contributed by atoms with E-state index in [2.05, 4.69) is 9.98 Å². The van der Waals surface area contributed by atoms with Gasteiger partial charge in [0.25, 0.3) is 0 Å². The summed E-state index contributed by atoms with van der Waals surface area (Å²) in [6.07, 6.45) is -5.53. The summed E-state index contributed by atoms with van der Waals surface area (Å²) in [6, 6.07) is 0. The Morgan fingerprint density at radius 1 is 1.36 bits per heavy atom. The minimum absolute atomic E-state index is 0.162. The van der Waals surface area contributed by atoms with E-state index >= 15 is 0 Å². The Balaban J connectivity index is 3.23. The zero-order valence-electron chi connectivity index (χ0n) is 7.76. The van der Waals surface area contributed by atoms with E-state index in [1.807, 2.05) is 0 Å². The molecule has 0 bridgehead atoms. The van der Waals surface area contributed by atoms with Crippen LogP contribution in [0.15, 0.2) is 9.98 Å². The lowest BCUT2D eigenvalue weighted by molar-refractivity contribution is -0.170. The van der Waals surface area contributed by atoms with Crippen molar-refractivity contribution in [3.63, 3.8) is 0 Å². The van der Waals surface area contributed by atoms with E-state index in [0.717, 1.165) is 6.92 Å². The predicted molar refractivity (Wildman–Crippen MR) is 46.9 cm³/mol. The van der Waals surface area contributed by atoms with Gasteiger partial charge in [-0.1, -0.05) is 0 Å². The first-order valence-corrected chi connectivity index (χ1v) is 3.90. The van der Waals surface area contributed by atoms with Crippen molar-refractivity contribution in [1.82, 2.24) is 0 Å². The molecule has 1 aliphatic rings. The molecule has 0 saturated carbocycles. The standard InChI is InChI=1S/C7H11F3N4/c1-3-6(2,7(8,9)10)4(11)14-5(12)13-3/h5H,12H2,1-2H3,(H2,11,14). The minimum Gasteiger partial charge on any atom is -0.386 e. The molecule has 0 aromatic heterocycles. The maximum Gasteiger partial charge on any atom is 0.406 e. The molecule has 0 radical (unpaired) electrons. The van der Waals surface area contributed by atoms with E-state index < -0.39 is 23.7 Å². The third-order valence-corrected chi connectivity index (χ3v) is 2.40. The molecule has 7 heteroatoms.